The van der Waals surface area contributed by atoms with E-state index >= 15 is 0 Å². The van der Waals surface area contributed by atoms with Crippen molar-refractivity contribution in [1.29, 1.82) is 0 Å². The molecule has 1 unspecified atom stereocenters. The second-order valence-electron chi connectivity index (χ2n) is 3.85. The van der Waals surface area contributed by atoms with Crippen molar-refractivity contribution in [2.75, 3.05) is 0 Å². The lowest BCUT2D eigenvalue weighted by Crippen LogP contribution is -2.51. The molecule has 0 radical (unpaired) electrons. The normalized spacial score (nSPS) is 21.6. The summed E-state index contributed by atoms with van der Waals surface area (Å²) < 4.78 is 0. The molecule has 17 heavy (non-hydrogen) atoms. The molecule has 88 valence electrons. The number of amides is 4. The Labute approximate surface area is 97.2 Å². The Morgan fingerprint density at radius 2 is 1.47 bits per heavy atom. The van der Waals surface area contributed by atoms with Crippen LogP contribution in [0.2, 0.25) is 0 Å². The van der Waals surface area contributed by atoms with Crippen LogP contribution >= 0.6 is 0 Å². The van der Waals surface area contributed by atoms with Gasteiger partial charge in [0.25, 0.3) is 23.6 Å². The largest absolute Gasteiger partial charge is 0.269 e. The van der Waals surface area contributed by atoms with E-state index in [0.717, 1.165) is 22.0 Å². The van der Waals surface area contributed by atoms with Crippen LogP contribution in [0.15, 0.2) is 23.8 Å². The summed E-state index contributed by atoms with van der Waals surface area (Å²) in [7, 11) is 0. The van der Waals surface area contributed by atoms with Gasteiger partial charge in [-0.1, -0.05) is 0 Å². The van der Waals surface area contributed by atoms with Gasteiger partial charge in [0, 0.05) is 23.8 Å². The van der Waals surface area contributed by atoms with Gasteiger partial charge in [-0.2, -0.15) is 0 Å². The van der Waals surface area contributed by atoms with E-state index in [-0.39, 0.29) is 0 Å². The smallest absolute Gasteiger partial charge is 0.258 e. The topological polar surface area (TPSA) is 74.8 Å². The van der Waals surface area contributed by atoms with E-state index < -0.39 is 29.8 Å². The lowest BCUT2D eigenvalue weighted by atomic mass is 10.3. The first kappa shape index (κ1) is 11.3. The number of hydrogen-bond donors (Lipinski definition) is 0. The van der Waals surface area contributed by atoms with Crippen molar-refractivity contribution in [1.82, 2.24) is 9.80 Å². The summed E-state index contributed by atoms with van der Waals surface area (Å²) in [5, 5.41) is 0. The van der Waals surface area contributed by atoms with Gasteiger partial charge >= 0.3 is 0 Å². The van der Waals surface area contributed by atoms with Crippen LogP contribution in [0.4, 0.5) is 0 Å². The molecular formula is C11H10N2O4. The molecule has 2 heterocycles. The quantitative estimate of drug-likeness (QED) is 0.608. The van der Waals surface area contributed by atoms with Crippen molar-refractivity contribution in [3.8, 4) is 0 Å². The fourth-order valence-corrected chi connectivity index (χ4v) is 1.86. The molecule has 6 heteroatoms. The number of carbonyl (C=O) groups excluding carboxylic acids is 4. The highest BCUT2D eigenvalue weighted by Gasteiger charge is 2.39. The SMILES string of the molecule is CC1=CC(=O)N(C(C)N2C(=O)C=CC2=O)C1=O. The Hall–Kier alpha value is -2.24. The molecule has 0 aromatic carbocycles. The van der Waals surface area contributed by atoms with E-state index in [0.29, 0.717) is 5.57 Å². The van der Waals surface area contributed by atoms with E-state index in [2.05, 4.69) is 0 Å². The number of carbonyl (C=O) groups is 4. The fourth-order valence-electron chi connectivity index (χ4n) is 1.86. The maximum atomic E-state index is 11.7. The van der Waals surface area contributed by atoms with Gasteiger partial charge in [0.2, 0.25) is 0 Å². The molecule has 4 amide bonds. The van der Waals surface area contributed by atoms with Crippen LogP contribution in [-0.2, 0) is 19.2 Å². The number of hydrogen-bond acceptors (Lipinski definition) is 4. The third kappa shape index (κ3) is 1.57. The van der Waals surface area contributed by atoms with Crippen LogP contribution < -0.4 is 0 Å². The highest BCUT2D eigenvalue weighted by Crippen LogP contribution is 2.20. The molecular weight excluding hydrogens is 224 g/mol. The Morgan fingerprint density at radius 3 is 1.88 bits per heavy atom. The second kappa shape index (κ2) is 3.65. The predicted molar refractivity (Wildman–Crippen MR) is 56.1 cm³/mol. The molecule has 0 spiro atoms. The number of imide groups is 2. The summed E-state index contributed by atoms with van der Waals surface area (Å²) in [5.74, 6) is -2.03. The van der Waals surface area contributed by atoms with Crippen molar-refractivity contribution >= 4 is 23.6 Å². The maximum Gasteiger partial charge on any atom is 0.258 e. The third-order valence-electron chi connectivity index (χ3n) is 2.72. The molecule has 1 atom stereocenters. The molecule has 0 N–H and O–H groups in total. The summed E-state index contributed by atoms with van der Waals surface area (Å²) in [5.41, 5.74) is 0.300. The lowest BCUT2D eigenvalue weighted by molar-refractivity contribution is -0.151. The summed E-state index contributed by atoms with van der Waals surface area (Å²) in [6.07, 6.45) is 2.52. The maximum absolute atomic E-state index is 11.7. The number of rotatable bonds is 2. The first-order chi connectivity index (χ1) is 7.93. The van der Waals surface area contributed by atoms with E-state index in [9.17, 15) is 19.2 Å². The summed E-state index contributed by atoms with van der Waals surface area (Å²) in [4.78, 5) is 47.9. The van der Waals surface area contributed by atoms with Crippen molar-refractivity contribution in [3.63, 3.8) is 0 Å². The molecule has 0 aliphatic carbocycles. The van der Waals surface area contributed by atoms with Crippen molar-refractivity contribution in [2.24, 2.45) is 0 Å². The van der Waals surface area contributed by atoms with E-state index in [1.54, 1.807) is 0 Å². The first-order valence-corrected chi connectivity index (χ1v) is 5.04. The second-order valence-corrected chi connectivity index (χ2v) is 3.85. The Morgan fingerprint density at radius 1 is 0.941 bits per heavy atom. The van der Waals surface area contributed by atoms with Gasteiger partial charge in [-0.25, -0.2) is 0 Å². The highest BCUT2D eigenvalue weighted by atomic mass is 16.2. The molecule has 0 saturated heterocycles. The molecule has 2 aliphatic heterocycles. The van der Waals surface area contributed by atoms with Crippen LogP contribution in [0, 0.1) is 0 Å². The van der Waals surface area contributed by atoms with Gasteiger partial charge in [-0.05, 0) is 13.8 Å². The zero-order valence-corrected chi connectivity index (χ0v) is 9.34. The molecule has 2 aliphatic rings. The van der Waals surface area contributed by atoms with Crippen molar-refractivity contribution in [3.05, 3.63) is 23.8 Å². The molecule has 0 aromatic rings. The Kier molecular flexibility index (Phi) is 2.42. The monoisotopic (exact) mass is 234 g/mol. The van der Waals surface area contributed by atoms with Gasteiger partial charge in [0.1, 0.15) is 6.17 Å². The molecule has 0 aromatic heterocycles. The summed E-state index contributed by atoms with van der Waals surface area (Å²) in [6.45, 7) is 2.98. The molecule has 0 bridgehead atoms. The van der Waals surface area contributed by atoms with E-state index in [1.165, 1.54) is 19.9 Å². The van der Waals surface area contributed by atoms with Gasteiger partial charge in [0.15, 0.2) is 0 Å². The summed E-state index contributed by atoms with van der Waals surface area (Å²) >= 11 is 0. The van der Waals surface area contributed by atoms with Gasteiger partial charge in [0.05, 0.1) is 0 Å². The molecule has 0 saturated carbocycles. The molecule has 2 rings (SSSR count). The van der Waals surface area contributed by atoms with Crippen LogP contribution in [-0.4, -0.2) is 39.6 Å². The van der Waals surface area contributed by atoms with Crippen LogP contribution in [0.3, 0.4) is 0 Å². The average Bonchev–Trinajstić information content (AvgIpc) is 2.69. The minimum absolute atomic E-state index is 0.300. The Bertz CT molecular complexity index is 486. The van der Waals surface area contributed by atoms with Gasteiger partial charge in [-0.3, -0.25) is 29.0 Å². The van der Waals surface area contributed by atoms with Gasteiger partial charge < -0.3 is 0 Å². The summed E-state index contributed by atoms with van der Waals surface area (Å²) in [6, 6.07) is 0. The fraction of sp³-hybridized carbons (Fsp3) is 0.273. The minimum atomic E-state index is -0.904. The molecule has 6 nitrogen and oxygen atoms in total. The van der Waals surface area contributed by atoms with Gasteiger partial charge in [-0.15, -0.1) is 0 Å². The lowest BCUT2D eigenvalue weighted by Gasteiger charge is -2.29. The van der Waals surface area contributed by atoms with E-state index in [4.69, 9.17) is 0 Å². The Balaban J connectivity index is 2.25. The van der Waals surface area contributed by atoms with Crippen LogP contribution in [0.1, 0.15) is 13.8 Å². The van der Waals surface area contributed by atoms with Crippen LogP contribution in [0.5, 0.6) is 0 Å². The standard InChI is InChI=1S/C11H10N2O4/c1-6-5-10(16)13(11(6)17)7(2)12-8(14)3-4-9(12)15/h3-5,7H,1-2H3. The molecule has 0 fully saturated rings. The van der Waals surface area contributed by atoms with Crippen molar-refractivity contribution < 1.29 is 19.2 Å². The third-order valence-corrected chi connectivity index (χ3v) is 2.72. The minimum Gasteiger partial charge on any atom is -0.269 e. The number of nitrogens with zero attached hydrogens (tertiary/aromatic N) is 2. The zero-order valence-electron chi connectivity index (χ0n) is 9.34. The van der Waals surface area contributed by atoms with Crippen LogP contribution in [0.25, 0.3) is 0 Å². The van der Waals surface area contributed by atoms with Crippen molar-refractivity contribution in [2.45, 2.75) is 20.0 Å². The zero-order chi connectivity index (χ0) is 12.7. The highest BCUT2D eigenvalue weighted by molar-refractivity contribution is 6.18. The average molecular weight is 234 g/mol. The predicted octanol–water partition coefficient (Wildman–Crippen LogP) is -0.427. The van der Waals surface area contributed by atoms with E-state index in [1.807, 2.05) is 0 Å². The first-order valence-electron chi connectivity index (χ1n) is 5.04.